The number of aromatic nitrogens is 2. The molecule has 3 fully saturated rings. The molecule has 0 saturated carbocycles. The molecule has 3 saturated heterocycles. The molecule has 10 heteroatoms. The molecule has 3 aliphatic heterocycles. The van der Waals surface area contributed by atoms with Gasteiger partial charge < -0.3 is 24.6 Å². The van der Waals surface area contributed by atoms with Crippen LogP contribution in [0.5, 0.6) is 0 Å². The Morgan fingerprint density at radius 2 is 1.94 bits per heavy atom. The van der Waals surface area contributed by atoms with Gasteiger partial charge in [-0.15, -0.1) is 0 Å². The molecule has 1 aromatic carbocycles. The zero-order valence-electron chi connectivity index (χ0n) is 20.6. The molecule has 5 rings (SSSR count). The average molecular weight is 516 g/mol. The minimum Gasteiger partial charge on any atom is -0.444 e. The summed E-state index contributed by atoms with van der Waals surface area (Å²) in [5.41, 5.74) is 1.56. The number of benzene rings is 1. The molecule has 9 nitrogen and oxygen atoms in total. The van der Waals surface area contributed by atoms with Gasteiger partial charge in [0.2, 0.25) is 0 Å². The number of hydrogen-bond donors (Lipinski definition) is 1. The zero-order chi connectivity index (χ0) is 25.1. The predicted molar refractivity (Wildman–Crippen MR) is 135 cm³/mol. The van der Waals surface area contributed by atoms with Crippen LogP contribution in [-0.4, -0.2) is 83.6 Å². The molecule has 0 aliphatic carbocycles. The Bertz CT molecular complexity index is 1040. The van der Waals surface area contributed by atoms with E-state index in [0.29, 0.717) is 42.3 Å². The summed E-state index contributed by atoms with van der Waals surface area (Å²) in [6, 6.07) is 9.90. The lowest BCUT2D eigenvalue weighted by Crippen LogP contribution is -2.36. The fourth-order valence-electron chi connectivity index (χ4n) is 5.66. The van der Waals surface area contributed by atoms with Gasteiger partial charge in [-0.1, -0.05) is 41.9 Å². The van der Waals surface area contributed by atoms with E-state index >= 15 is 0 Å². The summed E-state index contributed by atoms with van der Waals surface area (Å²) in [5.74, 6) is 0.863. The number of nitrogens with zero attached hydrogens (tertiary/aromatic N) is 4. The molecule has 0 bridgehead atoms. The Labute approximate surface area is 216 Å². The summed E-state index contributed by atoms with van der Waals surface area (Å²) in [7, 11) is 0. The van der Waals surface area contributed by atoms with Gasteiger partial charge in [-0.2, -0.15) is 5.10 Å². The van der Waals surface area contributed by atoms with Gasteiger partial charge in [-0.3, -0.25) is 9.48 Å². The second-order valence-corrected chi connectivity index (χ2v) is 10.3. The molecule has 4 atom stereocenters. The van der Waals surface area contributed by atoms with Gasteiger partial charge in [0.25, 0.3) is 5.91 Å². The van der Waals surface area contributed by atoms with Crippen molar-refractivity contribution in [3.05, 3.63) is 52.8 Å². The zero-order valence-corrected chi connectivity index (χ0v) is 21.4. The third kappa shape index (κ3) is 5.53. The van der Waals surface area contributed by atoms with Crippen molar-refractivity contribution in [3.63, 3.8) is 0 Å². The summed E-state index contributed by atoms with van der Waals surface area (Å²) in [6.45, 7) is 7.89. The van der Waals surface area contributed by atoms with Crippen molar-refractivity contribution in [2.75, 3.05) is 45.9 Å². The lowest BCUT2D eigenvalue weighted by Gasteiger charge is -2.25. The van der Waals surface area contributed by atoms with Gasteiger partial charge in [0, 0.05) is 45.7 Å². The Balaban J connectivity index is 1.15. The quantitative estimate of drug-likeness (QED) is 0.581. The Morgan fingerprint density at radius 3 is 2.61 bits per heavy atom. The third-order valence-corrected chi connectivity index (χ3v) is 7.81. The topological polar surface area (TPSA) is 88.9 Å². The first kappa shape index (κ1) is 25.0. The van der Waals surface area contributed by atoms with Gasteiger partial charge >= 0.3 is 6.09 Å². The molecular weight excluding hydrogens is 482 g/mol. The van der Waals surface area contributed by atoms with Crippen LogP contribution in [0.15, 0.2) is 36.5 Å². The van der Waals surface area contributed by atoms with Crippen LogP contribution in [-0.2, 0) is 16.0 Å². The number of hydrogen-bond acceptors (Lipinski definition) is 6. The van der Waals surface area contributed by atoms with Gasteiger partial charge in [0.15, 0.2) is 0 Å². The van der Waals surface area contributed by atoms with Crippen molar-refractivity contribution >= 4 is 23.6 Å². The molecule has 3 aliphatic rings. The van der Waals surface area contributed by atoms with Gasteiger partial charge in [-0.05, 0) is 30.7 Å². The number of ether oxygens (including phenoxy) is 2. The molecule has 36 heavy (non-hydrogen) atoms. The second kappa shape index (κ2) is 11.2. The van der Waals surface area contributed by atoms with Crippen LogP contribution in [0.25, 0.3) is 0 Å². The Hall–Kier alpha value is -2.62. The van der Waals surface area contributed by atoms with E-state index in [4.69, 9.17) is 21.1 Å². The van der Waals surface area contributed by atoms with Crippen molar-refractivity contribution in [1.29, 1.82) is 0 Å². The summed E-state index contributed by atoms with van der Waals surface area (Å²) >= 11 is 6.26. The number of rotatable bonds is 8. The van der Waals surface area contributed by atoms with Gasteiger partial charge in [0.05, 0.1) is 30.5 Å². The Kier molecular flexibility index (Phi) is 7.79. The molecular formula is C26H34ClN5O4. The molecule has 194 valence electrons. The number of carbonyl (C=O) groups is 2. The molecule has 3 unspecified atom stereocenters. The smallest absolute Gasteiger partial charge is 0.407 e. The maximum Gasteiger partial charge on any atom is 0.407 e. The van der Waals surface area contributed by atoms with E-state index in [0.717, 1.165) is 51.1 Å². The highest BCUT2D eigenvalue weighted by Crippen LogP contribution is 2.33. The number of amides is 2. The third-order valence-electron chi connectivity index (χ3n) is 7.54. The fourth-order valence-corrected chi connectivity index (χ4v) is 5.88. The minimum absolute atomic E-state index is 0.0279. The first-order valence-corrected chi connectivity index (χ1v) is 13.2. The van der Waals surface area contributed by atoms with E-state index < -0.39 is 6.09 Å². The molecule has 2 amide bonds. The number of halogens is 1. The molecule has 1 N–H and O–H groups in total. The molecule has 0 radical (unpaired) electrons. The highest BCUT2D eigenvalue weighted by molar-refractivity contribution is 6.33. The standard InChI is InChI=1S/C26H34ClN5O4/c1-2-32-24(22(27)12-28-32)25(33)31-15-19-13-30(14-20(19)16-31)10-8-23(18-6-4-3-5-7-18)29-26(34)36-21-9-11-35-17-21/h3-7,12,19-21,23H,2,8-11,13-17H2,1H3,(H,29,34)/t19-,20?,21?,23?/m0/s1. The summed E-state index contributed by atoms with van der Waals surface area (Å²) in [4.78, 5) is 30.1. The normalized spacial score (nSPS) is 24.6. The van der Waals surface area contributed by atoms with E-state index in [9.17, 15) is 9.59 Å². The van der Waals surface area contributed by atoms with Crippen LogP contribution in [0.2, 0.25) is 5.02 Å². The van der Waals surface area contributed by atoms with E-state index in [1.807, 2.05) is 42.2 Å². The number of aryl methyl sites for hydroxylation is 1. The van der Waals surface area contributed by atoms with Crippen LogP contribution >= 0.6 is 11.6 Å². The summed E-state index contributed by atoms with van der Waals surface area (Å²) in [5, 5.41) is 7.70. The van der Waals surface area contributed by atoms with Gasteiger partial charge in [-0.25, -0.2) is 4.79 Å². The highest BCUT2D eigenvalue weighted by Gasteiger charge is 2.42. The number of fused-ring (bicyclic) bond motifs is 1. The molecule has 2 aromatic rings. The van der Waals surface area contributed by atoms with Crippen molar-refractivity contribution in [2.45, 2.75) is 38.5 Å². The van der Waals surface area contributed by atoms with E-state index in [1.165, 1.54) is 0 Å². The second-order valence-electron chi connectivity index (χ2n) is 9.93. The average Bonchev–Trinajstić information content (AvgIpc) is 3.66. The van der Waals surface area contributed by atoms with Crippen LogP contribution < -0.4 is 5.32 Å². The maximum atomic E-state index is 13.1. The minimum atomic E-state index is -0.392. The van der Waals surface area contributed by atoms with E-state index in [-0.39, 0.29) is 18.1 Å². The van der Waals surface area contributed by atoms with E-state index in [1.54, 1.807) is 10.9 Å². The number of likely N-dealkylation sites (tertiary alicyclic amines) is 2. The number of alkyl carbamates (subject to hydrolysis) is 1. The van der Waals surface area contributed by atoms with Crippen LogP contribution in [0.4, 0.5) is 4.79 Å². The van der Waals surface area contributed by atoms with Crippen LogP contribution in [0.1, 0.15) is 41.9 Å². The lowest BCUT2D eigenvalue weighted by atomic mass is 10.0. The molecule has 1 aromatic heterocycles. The first-order chi connectivity index (χ1) is 17.5. The monoisotopic (exact) mass is 515 g/mol. The Morgan fingerprint density at radius 1 is 1.19 bits per heavy atom. The largest absolute Gasteiger partial charge is 0.444 e. The van der Waals surface area contributed by atoms with Crippen LogP contribution in [0, 0.1) is 11.8 Å². The highest BCUT2D eigenvalue weighted by atomic mass is 35.5. The van der Waals surface area contributed by atoms with Gasteiger partial charge in [0.1, 0.15) is 11.8 Å². The number of nitrogens with one attached hydrogen (secondary N) is 1. The van der Waals surface area contributed by atoms with Crippen molar-refractivity contribution in [1.82, 2.24) is 24.9 Å². The first-order valence-electron chi connectivity index (χ1n) is 12.8. The van der Waals surface area contributed by atoms with E-state index in [2.05, 4.69) is 15.3 Å². The fraction of sp³-hybridized carbons (Fsp3) is 0.577. The lowest BCUT2D eigenvalue weighted by molar-refractivity contribution is 0.0761. The van der Waals surface area contributed by atoms with Crippen molar-refractivity contribution < 1.29 is 19.1 Å². The SMILES string of the molecule is CCn1ncc(Cl)c1C(=O)N1CC2CN(CCC(NC(=O)OC3CCOC3)c3ccccc3)C[C@H]2C1. The predicted octanol–water partition coefficient (Wildman–Crippen LogP) is 3.21. The molecule has 4 heterocycles. The maximum absolute atomic E-state index is 13.1. The number of carbonyl (C=O) groups excluding carboxylic acids is 2. The summed E-state index contributed by atoms with van der Waals surface area (Å²) < 4.78 is 12.5. The molecule has 0 spiro atoms. The summed E-state index contributed by atoms with van der Waals surface area (Å²) in [6.07, 6.45) is 2.51. The van der Waals surface area contributed by atoms with Crippen molar-refractivity contribution in [2.24, 2.45) is 11.8 Å². The van der Waals surface area contributed by atoms with Crippen molar-refractivity contribution in [3.8, 4) is 0 Å². The van der Waals surface area contributed by atoms with Crippen LogP contribution in [0.3, 0.4) is 0 Å².